The summed E-state index contributed by atoms with van der Waals surface area (Å²) >= 11 is 0. The van der Waals surface area contributed by atoms with E-state index in [-0.39, 0.29) is 0 Å². The SMILES string of the molecule is c1ccc(OCCNC2CCNC2)cc1. The topological polar surface area (TPSA) is 33.3 Å². The Hall–Kier alpha value is -1.06. The molecule has 1 aromatic rings. The molecule has 2 N–H and O–H groups in total. The fourth-order valence-corrected chi connectivity index (χ4v) is 1.78. The molecule has 1 unspecified atom stereocenters. The zero-order valence-electron chi connectivity index (χ0n) is 8.91. The molecule has 3 heteroatoms. The molecule has 1 atom stereocenters. The van der Waals surface area contributed by atoms with Crippen molar-refractivity contribution in [2.45, 2.75) is 12.5 Å². The average Bonchev–Trinajstić information content (AvgIpc) is 2.79. The minimum Gasteiger partial charge on any atom is -0.492 e. The second-order valence-corrected chi connectivity index (χ2v) is 3.81. The van der Waals surface area contributed by atoms with Gasteiger partial charge in [-0.3, -0.25) is 0 Å². The highest BCUT2D eigenvalue weighted by molar-refractivity contribution is 5.20. The summed E-state index contributed by atoms with van der Waals surface area (Å²) in [7, 11) is 0. The number of rotatable bonds is 5. The summed E-state index contributed by atoms with van der Waals surface area (Å²) in [5, 5.41) is 6.79. The van der Waals surface area contributed by atoms with Crippen molar-refractivity contribution in [2.75, 3.05) is 26.2 Å². The maximum atomic E-state index is 5.58. The van der Waals surface area contributed by atoms with Crippen LogP contribution in [0.25, 0.3) is 0 Å². The lowest BCUT2D eigenvalue weighted by Gasteiger charge is -2.11. The van der Waals surface area contributed by atoms with E-state index in [0.717, 1.165) is 32.0 Å². The van der Waals surface area contributed by atoms with E-state index in [2.05, 4.69) is 10.6 Å². The van der Waals surface area contributed by atoms with Crippen LogP contribution in [0.4, 0.5) is 0 Å². The van der Waals surface area contributed by atoms with Gasteiger partial charge in [-0.25, -0.2) is 0 Å². The number of benzene rings is 1. The Morgan fingerprint density at radius 3 is 2.93 bits per heavy atom. The highest BCUT2D eigenvalue weighted by Gasteiger charge is 2.12. The number of para-hydroxylation sites is 1. The Morgan fingerprint density at radius 1 is 1.33 bits per heavy atom. The van der Waals surface area contributed by atoms with Crippen LogP contribution in [0.1, 0.15) is 6.42 Å². The molecule has 1 fully saturated rings. The summed E-state index contributed by atoms with van der Waals surface area (Å²) in [6.07, 6.45) is 1.23. The molecule has 2 rings (SSSR count). The van der Waals surface area contributed by atoms with Gasteiger partial charge >= 0.3 is 0 Å². The van der Waals surface area contributed by atoms with Gasteiger partial charge in [-0.1, -0.05) is 18.2 Å². The van der Waals surface area contributed by atoms with Crippen molar-refractivity contribution in [1.82, 2.24) is 10.6 Å². The fourth-order valence-electron chi connectivity index (χ4n) is 1.78. The highest BCUT2D eigenvalue weighted by Crippen LogP contribution is 2.07. The molecule has 0 aromatic heterocycles. The van der Waals surface area contributed by atoms with Gasteiger partial charge in [0.05, 0.1) is 0 Å². The predicted octanol–water partition coefficient (Wildman–Crippen LogP) is 1.02. The standard InChI is InChI=1S/C12H18N2O/c1-2-4-12(5-3-1)15-9-8-14-11-6-7-13-10-11/h1-5,11,13-14H,6-10H2. The van der Waals surface area contributed by atoms with Gasteiger partial charge < -0.3 is 15.4 Å². The lowest BCUT2D eigenvalue weighted by molar-refractivity contribution is 0.307. The van der Waals surface area contributed by atoms with Crippen LogP contribution in [0.5, 0.6) is 5.75 Å². The van der Waals surface area contributed by atoms with Crippen LogP contribution < -0.4 is 15.4 Å². The first-order valence-electron chi connectivity index (χ1n) is 5.57. The monoisotopic (exact) mass is 206 g/mol. The van der Waals surface area contributed by atoms with Crippen LogP contribution in [-0.2, 0) is 0 Å². The molecular formula is C12H18N2O. The zero-order chi connectivity index (χ0) is 10.3. The van der Waals surface area contributed by atoms with Crippen LogP contribution in [0.3, 0.4) is 0 Å². The van der Waals surface area contributed by atoms with E-state index >= 15 is 0 Å². The van der Waals surface area contributed by atoms with E-state index in [9.17, 15) is 0 Å². The number of nitrogens with one attached hydrogen (secondary N) is 2. The molecule has 82 valence electrons. The van der Waals surface area contributed by atoms with Crippen LogP contribution >= 0.6 is 0 Å². The molecule has 0 aliphatic carbocycles. The summed E-state index contributed by atoms with van der Waals surface area (Å²) in [6.45, 7) is 3.88. The Balaban J connectivity index is 1.59. The molecule has 1 aliphatic rings. The Bertz CT molecular complexity index is 270. The first-order chi connectivity index (χ1) is 7.45. The van der Waals surface area contributed by atoms with E-state index in [0.29, 0.717) is 6.04 Å². The maximum absolute atomic E-state index is 5.58. The minimum atomic E-state index is 0.629. The largest absolute Gasteiger partial charge is 0.492 e. The first kappa shape index (κ1) is 10.5. The van der Waals surface area contributed by atoms with Crippen molar-refractivity contribution in [3.8, 4) is 5.75 Å². The van der Waals surface area contributed by atoms with E-state index < -0.39 is 0 Å². The second kappa shape index (κ2) is 5.73. The van der Waals surface area contributed by atoms with Gasteiger partial charge in [0.1, 0.15) is 12.4 Å². The predicted molar refractivity (Wildman–Crippen MR) is 61.2 cm³/mol. The van der Waals surface area contributed by atoms with Crippen molar-refractivity contribution in [3.05, 3.63) is 30.3 Å². The molecule has 1 saturated heterocycles. The second-order valence-electron chi connectivity index (χ2n) is 3.81. The van der Waals surface area contributed by atoms with Gasteiger partial charge in [-0.2, -0.15) is 0 Å². The summed E-state index contributed by atoms with van der Waals surface area (Å²) in [5.74, 6) is 0.948. The van der Waals surface area contributed by atoms with Crippen molar-refractivity contribution in [3.63, 3.8) is 0 Å². The molecule has 0 bridgehead atoms. The molecule has 0 radical (unpaired) electrons. The first-order valence-corrected chi connectivity index (χ1v) is 5.57. The van der Waals surface area contributed by atoms with E-state index in [4.69, 9.17) is 4.74 Å². The molecule has 0 amide bonds. The Kier molecular flexibility index (Phi) is 4.00. The van der Waals surface area contributed by atoms with E-state index in [1.54, 1.807) is 0 Å². The molecule has 15 heavy (non-hydrogen) atoms. The van der Waals surface area contributed by atoms with E-state index in [1.807, 2.05) is 30.3 Å². The summed E-state index contributed by atoms with van der Waals surface area (Å²) in [5.41, 5.74) is 0. The summed E-state index contributed by atoms with van der Waals surface area (Å²) in [4.78, 5) is 0. The van der Waals surface area contributed by atoms with Crippen LogP contribution in [-0.4, -0.2) is 32.3 Å². The van der Waals surface area contributed by atoms with Crippen LogP contribution in [0.2, 0.25) is 0 Å². The van der Waals surface area contributed by atoms with Gasteiger partial charge in [0.15, 0.2) is 0 Å². The van der Waals surface area contributed by atoms with Crippen LogP contribution in [0, 0.1) is 0 Å². The maximum Gasteiger partial charge on any atom is 0.119 e. The molecule has 1 aromatic carbocycles. The lowest BCUT2D eigenvalue weighted by Crippen LogP contribution is -2.34. The third-order valence-electron chi connectivity index (χ3n) is 2.61. The third kappa shape index (κ3) is 3.53. The summed E-state index contributed by atoms with van der Waals surface area (Å²) < 4.78 is 5.58. The molecule has 0 saturated carbocycles. The lowest BCUT2D eigenvalue weighted by atomic mass is 10.3. The number of ether oxygens (including phenoxy) is 1. The van der Waals surface area contributed by atoms with Crippen LogP contribution in [0.15, 0.2) is 30.3 Å². The zero-order valence-corrected chi connectivity index (χ0v) is 8.91. The van der Waals surface area contributed by atoms with Gasteiger partial charge in [0, 0.05) is 19.1 Å². The Morgan fingerprint density at radius 2 is 2.20 bits per heavy atom. The van der Waals surface area contributed by atoms with Gasteiger partial charge in [-0.05, 0) is 25.1 Å². The van der Waals surface area contributed by atoms with Crippen molar-refractivity contribution < 1.29 is 4.74 Å². The average molecular weight is 206 g/mol. The molecule has 1 aliphatic heterocycles. The highest BCUT2D eigenvalue weighted by atomic mass is 16.5. The summed E-state index contributed by atoms with van der Waals surface area (Å²) in [6, 6.07) is 10.6. The third-order valence-corrected chi connectivity index (χ3v) is 2.61. The number of hydrogen-bond acceptors (Lipinski definition) is 3. The smallest absolute Gasteiger partial charge is 0.119 e. The molecule has 1 heterocycles. The molecular weight excluding hydrogens is 188 g/mol. The van der Waals surface area contributed by atoms with Crippen molar-refractivity contribution in [2.24, 2.45) is 0 Å². The Labute approximate surface area is 90.8 Å². The fraction of sp³-hybridized carbons (Fsp3) is 0.500. The number of hydrogen-bond donors (Lipinski definition) is 2. The van der Waals surface area contributed by atoms with Crippen molar-refractivity contribution >= 4 is 0 Å². The van der Waals surface area contributed by atoms with E-state index in [1.165, 1.54) is 6.42 Å². The molecule has 0 spiro atoms. The van der Waals surface area contributed by atoms with Crippen molar-refractivity contribution in [1.29, 1.82) is 0 Å². The quantitative estimate of drug-likeness (QED) is 0.706. The minimum absolute atomic E-state index is 0.629. The molecule has 3 nitrogen and oxygen atoms in total. The van der Waals surface area contributed by atoms with Gasteiger partial charge in [0.2, 0.25) is 0 Å². The van der Waals surface area contributed by atoms with Gasteiger partial charge in [0.25, 0.3) is 0 Å². The van der Waals surface area contributed by atoms with Gasteiger partial charge in [-0.15, -0.1) is 0 Å². The normalized spacial score (nSPS) is 20.4.